The Bertz CT molecular complexity index is 444. The first-order chi connectivity index (χ1) is 6.75. The summed E-state index contributed by atoms with van der Waals surface area (Å²) < 4.78 is 0.697. The third kappa shape index (κ3) is 2.08. The summed E-state index contributed by atoms with van der Waals surface area (Å²) in [5, 5.41) is 8.29. The maximum Gasteiger partial charge on any atom is 0.129 e. The van der Waals surface area contributed by atoms with Gasteiger partial charge in [-0.1, -0.05) is 17.7 Å². The zero-order valence-electron chi connectivity index (χ0n) is 6.98. The van der Waals surface area contributed by atoms with E-state index in [1.165, 1.54) is 0 Å². The van der Waals surface area contributed by atoms with E-state index in [9.17, 15) is 0 Å². The molecule has 2 aromatic rings. The summed E-state index contributed by atoms with van der Waals surface area (Å²) in [4.78, 5) is 4.12. The topological polar surface area (TPSA) is 38.7 Å². The van der Waals surface area contributed by atoms with Gasteiger partial charge in [0.2, 0.25) is 0 Å². The Hall–Kier alpha value is -1.00. The molecule has 0 amide bonds. The predicted molar refractivity (Wildman–Crippen MR) is 58.0 cm³/mol. The fraction of sp³-hybridized carbons (Fsp3) is 0. The predicted octanol–water partition coefficient (Wildman–Crippen LogP) is 2.95. The summed E-state index contributed by atoms with van der Waals surface area (Å²) in [6, 6.07) is 9.02. The molecule has 3 nitrogen and oxygen atoms in total. The van der Waals surface area contributed by atoms with E-state index in [1.807, 2.05) is 24.3 Å². The largest absolute Gasteiger partial charge is 0.234 e. The van der Waals surface area contributed by atoms with Gasteiger partial charge >= 0.3 is 0 Å². The van der Waals surface area contributed by atoms with Crippen molar-refractivity contribution in [2.75, 3.05) is 0 Å². The number of halogens is 2. The van der Waals surface area contributed by atoms with Gasteiger partial charge in [0, 0.05) is 0 Å². The minimum Gasteiger partial charge on any atom is -0.234 e. The van der Waals surface area contributed by atoms with Gasteiger partial charge in [0.05, 0.1) is 5.69 Å². The lowest BCUT2D eigenvalue weighted by Crippen LogP contribution is -1.89. The molecule has 2 aromatic heterocycles. The van der Waals surface area contributed by atoms with Crippen molar-refractivity contribution in [3.8, 4) is 11.4 Å². The Balaban J connectivity index is 2.44. The van der Waals surface area contributed by atoms with Crippen LogP contribution in [-0.4, -0.2) is 15.2 Å². The summed E-state index contributed by atoms with van der Waals surface area (Å²) in [5.41, 5.74) is 1.42. The molecular formula is C9H5BrClN3. The molecule has 0 unspecified atom stereocenters. The average Bonchev–Trinajstić information content (AvgIpc) is 2.19. The van der Waals surface area contributed by atoms with Crippen LogP contribution in [0, 0.1) is 0 Å². The molecule has 2 heterocycles. The monoisotopic (exact) mass is 269 g/mol. The third-order valence-corrected chi connectivity index (χ3v) is 2.24. The molecule has 0 fully saturated rings. The van der Waals surface area contributed by atoms with Gasteiger partial charge in [-0.2, -0.15) is 0 Å². The fourth-order valence-electron chi connectivity index (χ4n) is 1.00. The minimum absolute atomic E-state index is 0.451. The van der Waals surface area contributed by atoms with E-state index in [-0.39, 0.29) is 0 Å². The summed E-state index contributed by atoms with van der Waals surface area (Å²) in [7, 11) is 0. The van der Waals surface area contributed by atoms with Crippen LogP contribution >= 0.6 is 27.5 Å². The lowest BCUT2D eigenvalue weighted by atomic mass is 10.2. The quantitative estimate of drug-likeness (QED) is 0.748. The van der Waals surface area contributed by atoms with Gasteiger partial charge in [0.1, 0.15) is 15.5 Å². The van der Waals surface area contributed by atoms with Gasteiger partial charge in [-0.15, -0.1) is 10.2 Å². The SMILES string of the molecule is Clc1cccc(-c2ccc(Br)nn2)n1. The highest BCUT2D eigenvalue weighted by Crippen LogP contribution is 2.16. The normalized spacial score (nSPS) is 10.1. The van der Waals surface area contributed by atoms with Gasteiger partial charge in [-0.3, -0.25) is 0 Å². The average molecular weight is 271 g/mol. The third-order valence-electron chi connectivity index (χ3n) is 1.61. The number of aromatic nitrogens is 3. The molecule has 0 saturated heterocycles. The maximum absolute atomic E-state index is 5.76. The highest BCUT2D eigenvalue weighted by atomic mass is 79.9. The second-order valence-electron chi connectivity index (χ2n) is 2.59. The zero-order chi connectivity index (χ0) is 9.97. The summed E-state index contributed by atoms with van der Waals surface area (Å²) in [5.74, 6) is 0. The van der Waals surface area contributed by atoms with Crippen molar-refractivity contribution < 1.29 is 0 Å². The number of rotatable bonds is 1. The Morgan fingerprint density at radius 1 is 1.00 bits per heavy atom. The van der Waals surface area contributed by atoms with Crippen molar-refractivity contribution in [3.63, 3.8) is 0 Å². The number of hydrogen-bond donors (Lipinski definition) is 0. The molecule has 5 heteroatoms. The van der Waals surface area contributed by atoms with E-state index in [4.69, 9.17) is 11.6 Å². The second kappa shape index (κ2) is 4.02. The van der Waals surface area contributed by atoms with E-state index in [2.05, 4.69) is 31.1 Å². The molecule has 0 bridgehead atoms. The molecule has 0 aliphatic rings. The molecule has 0 saturated carbocycles. The van der Waals surface area contributed by atoms with Gasteiger partial charge < -0.3 is 0 Å². The maximum atomic E-state index is 5.76. The molecule has 0 aliphatic carbocycles. The highest BCUT2D eigenvalue weighted by Gasteiger charge is 2.01. The zero-order valence-corrected chi connectivity index (χ0v) is 9.33. The first-order valence-corrected chi connectivity index (χ1v) is 5.05. The van der Waals surface area contributed by atoms with Crippen LogP contribution < -0.4 is 0 Å². The lowest BCUT2D eigenvalue weighted by molar-refractivity contribution is 1.00. The Kier molecular flexibility index (Phi) is 2.74. The second-order valence-corrected chi connectivity index (χ2v) is 3.79. The van der Waals surface area contributed by atoms with E-state index >= 15 is 0 Å². The molecule has 0 aliphatic heterocycles. The molecule has 14 heavy (non-hydrogen) atoms. The van der Waals surface area contributed by atoms with Crippen LogP contribution in [0.5, 0.6) is 0 Å². The van der Waals surface area contributed by atoms with Gasteiger partial charge in [0.25, 0.3) is 0 Å². The first-order valence-electron chi connectivity index (χ1n) is 3.88. The van der Waals surface area contributed by atoms with Gasteiger partial charge in [-0.05, 0) is 40.2 Å². The fourth-order valence-corrected chi connectivity index (χ4v) is 1.38. The molecule has 0 radical (unpaired) electrons. The van der Waals surface area contributed by atoms with Crippen LogP contribution in [0.15, 0.2) is 34.9 Å². The van der Waals surface area contributed by atoms with Crippen molar-refractivity contribution in [2.24, 2.45) is 0 Å². The van der Waals surface area contributed by atoms with Crippen molar-refractivity contribution in [1.29, 1.82) is 0 Å². The summed E-state index contributed by atoms with van der Waals surface area (Å²) in [6.07, 6.45) is 0. The van der Waals surface area contributed by atoms with E-state index in [1.54, 1.807) is 6.07 Å². The van der Waals surface area contributed by atoms with Crippen molar-refractivity contribution in [1.82, 2.24) is 15.2 Å². The van der Waals surface area contributed by atoms with E-state index in [0.717, 1.165) is 5.69 Å². The van der Waals surface area contributed by atoms with E-state index in [0.29, 0.717) is 15.5 Å². The number of hydrogen-bond acceptors (Lipinski definition) is 3. The standard InChI is InChI=1S/C9H5BrClN3/c10-8-5-4-7(13-14-8)6-2-1-3-9(11)12-6/h1-5H. The van der Waals surface area contributed by atoms with Crippen LogP contribution in [0.3, 0.4) is 0 Å². The summed E-state index contributed by atoms with van der Waals surface area (Å²) >= 11 is 8.97. The Morgan fingerprint density at radius 2 is 1.86 bits per heavy atom. The molecular weight excluding hydrogens is 265 g/mol. The number of pyridine rings is 1. The van der Waals surface area contributed by atoms with Crippen molar-refractivity contribution >= 4 is 27.5 Å². The van der Waals surface area contributed by atoms with Crippen LogP contribution in [0.2, 0.25) is 5.15 Å². The smallest absolute Gasteiger partial charge is 0.129 e. The van der Waals surface area contributed by atoms with Crippen LogP contribution in [-0.2, 0) is 0 Å². The van der Waals surface area contributed by atoms with Crippen LogP contribution in [0.4, 0.5) is 0 Å². The first kappa shape index (κ1) is 9.55. The molecule has 70 valence electrons. The molecule has 0 aromatic carbocycles. The van der Waals surface area contributed by atoms with E-state index < -0.39 is 0 Å². The van der Waals surface area contributed by atoms with Crippen molar-refractivity contribution in [3.05, 3.63) is 40.1 Å². The summed E-state index contributed by atoms with van der Waals surface area (Å²) in [6.45, 7) is 0. The van der Waals surface area contributed by atoms with Gasteiger partial charge in [0.15, 0.2) is 0 Å². The molecule has 0 spiro atoms. The molecule has 0 N–H and O–H groups in total. The van der Waals surface area contributed by atoms with Crippen LogP contribution in [0.1, 0.15) is 0 Å². The molecule has 2 rings (SSSR count). The van der Waals surface area contributed by atoms with Crippen LogP contribution in [0.25, 0.3) is 11.4 Å². The Labute approximate surface area is 94.3 Å². The number of nitrogens with zero attached hydrogens (tertiary/aromatic N) is 3. The Morgan fingerprint density at radius 3 is 2.50 bits per heavy atom. The van der Waals surface area contributed by atoms with Gasteiger partial charge in [-0.25, -0.2) is 4.98 Å². The molecule has 0 atom stereocenters. The minimum atomic E-state index is 0.451. The van der Waals surface area contributed by atoms with Crippen molar-refractivity contribution in [2.45, 2.75) is 0 Å². The lowest BCUT2D eigenvalue weighted by Gasteiger charge is -1.98. The highest BCUT2D eigenvalue weighted by molar-refractivity contribution is 9.10.